The standard InChI is InChI=1S/C11H11F3N2O5/c1-10(19,5-17)9(18)15-6-2-3-8(16(20)21)7(4-6)11(12,13)14/h2-4,17,19H,5H2,1H3,(H,15,18). The molecule has 1 atom stereocenters. The van der Waals surface area contributed by atoms with Crippen LogP contribution in [0.25, 0.3) is 0 Å². The molecular formula is C11H11F3N2O5. The zero-order valence-electron chi connectivity index (χ0n) is 10.6. The number of alkyl halides is 3. The zero-order chi connectivity index (χ0) is 16.4. The van der Waals surface area contributed by atoms with Gasteiger partial charge in [0.1, 0.15) is 5.56 Å². The van der Waals surface area contributed by atoms with E-state index < -0.39 is 46.2 Å². The third-order valence-electron chi connectivity index (χ3n) is 2.55. The lowest BCUT2D eigenvalue weighted by Gasteiger charge is -2.19. The number of nitro groups is 1. The predicted octanol–water partition coefficient (Wildman–Crippen LogP) is 1.30. The molecule has 0 heterocycles. The molecule has 0 aliphatic heterocycles. The number of halogens is 3. The molecule has 21 heavy (non-hydrogen) atoms. The van der Waals surface area contributed by atoms with E-state index >= 15 is 0 Å². The van der Waals surface area contributed by atoms with Crippen LogP contribution in [0.4, 0.5) is 24.5 Å². The summed E-state index contributed by atoms with van der Waals surface area (Å²) in [5, 5.41) is 30.7. The number of aliphatic hydroxyl groups excluding tert-OH is 1. The average Bonchev–Trinajstić information content (AvgIpc) is 2.37. The van der Waals surface area contributed by atoms with E-state index in [1.54, 1.807) is 0 Å². The van der Waals surface area contributed by atoms with Crippen molar-refractivity contribution in [3.8, 4) is 0 Å². The molecule has 3 N–H and O–H groups in total. The van der Waals surface area contributed by atoms with E-state index in [4.69, 9.17) is 5.11 Å². The highest BCUT2D eigenvalue weighted by molar-refractivity contribution is 5.97. The molecule has 10 heteroatoms. The smallest absolute Gasteiger partial charge is 0.393 e. The third kappa shape index (κ3) is 3.89. The van der Waals surface area contributed by atoms with Gasteiger partial charge in [-0.15, -0.1) is 0 Å². The molecule has 0 aliphatic rings. The first-order valence-electron chi connectivity index (χ1n) is 5.49. The summed E-state index contributed by atoms with van der Waals surface area (Å²) in [7, 11) is 0. The van der Waals surface area contributed by atoms with Gasteiger partial charge in [0.25, 0.3) is 11.6 Å². The van der Waals surface area contributed by atoms with Gasteiger partial charge >= 0.3 is 6.18 Å². The monoisotopic (exact) mass is 308 g/mol. The molecule has 0 radical (unpaired) electrons. The Labute approximate surface area is 116 Å². The Bertz CT molecular complexity index is 571. The molecule has 0 saturated heterocycles. The van der Waals surface area contributed by atoms with Gasteiger partial charge in [-0.1, -0.05) is 0 Å². The normalized spacial score (nSPS) is 14.4. The molecule has 1 rings (SSSR count). The topological polar surface area (TPSA) is 113 Å². The van der Waals surface area contributed by atoms with E-state index in [0.29, 0.717) is 12.1 Å². The molecule has 0 fully saturated rings. The van der Waals surface area contributed by atoms with Gasteiger partial charge in [0.05, 0.1) is 11.5 Å². The van der Waals surface area contributed by atoms with Crippen molar-refractivity contribution in [2.24, 2.45) is 0 Å². The Hall–Kier alpha value is -2.20. The first-order chi connectivity index (χ1) is 9.49. The van der Waals surface area contributed by atoms with Crippen LogP contribution in [0.15, 0.2) is 18.2 Å². The minimum absolute atomic E-state index is 0.378. The van der Waals surface area contributed by atoms with Crippen LogP contribution in [0.2, 0.25) is 0 Å². The maximum atomic E-state index is 12.7. The molecule has 0 spiro atoms. The summed E-state index contributed by atoms with van der Waals surface area (Å²) in [5.74, 6) is -1.15. The van der Waals surface area contributed by atoms with Crippen LogP contribution in [0.5, 0.6) is 0 Å². The number of anilines is 1. The maximum Gasteiger partial charge on any atom is 0.423 e. The quantitative estimate of drug-likeness (QED) is 0.573. The molecule has 0 bridgehead atoms. The van der Waals surface area contributed by atoms with Crippen LogP contribution >= 0.6 is 0 Å². The number of nitro benzene ring substituents is 1. The van der Waals surface area contributed by atoms with Crippen LogP contribution < -0.4 is 5.32 Å². The molecule has 1 unspecified atom stereocenters. The molecule has 0 aromatic heterocycles. The summed E-state index contributed by atoms with van der Waals surface area (Å²) in [6.07, 6.45) is -4.98. The van der Waals surface area contributed by atoms with Crippen LogP contribution in [0.3, 0.4) is 0 Å². The Balaban J connectivity index is 3.18. The minimum atomic E-state index is -4.98. The molecular weight excluding hydrogens is 297 g/mol. The van der Waals surface area contributed by atoms with Crippen molar-refractivity contribution in [1.29, 1.82) is 0 Å². The number of carbonyl (C=O) groups is 1. The number of amides is 1. The summed E-state index contributed by atoms with van der Waals surface area (Å²) in [6, 6.07) is 1.86. The van der Waals surface area contributed by atoms with Crippen LogP contribution in [-0.4, -0.2) is 33.3 Å². The van der Waals surface area contributed by atoms with Crippen molar-refractivity contribution >= 4 is 17.3 Å². The SMILES string of the molecule is CC(O)(CO)C(=O)Nc1ccc([N+](=O)[O-])c(C(F)(F)F)c1. The second-order valence-electron chi connectivity index (χ2n) is 4.37. The highest BCUT2D eigenvalue weighted by atomic mass is 19.4. The van der Waals surface area contributed by atoms with E-state index in [2.05, 4.69) is 0 Å². The summed E-state index contributed by atoms with van der Waals surface area (Å²) < 4.78 is 38.2. The molecule has 0 saturated carbocycles. The van der Waals surface area contributed by atoms with Crippen LogP contribution in [0.1, 0.15) is 12.5 Å². The number of rotatable bonds is 4. The molecule has 0 aliphatic carbocycles. The highest BCUT2D eigenvalue weighted by Gasteiger charge is 2.39. The second-order valence-corrected chi connectivity index (χ2v) is 4.37. The summed E-state index contributed by atoms with van der Waals surface area (Å²) in [6.45, 7) is 0.0103. The molecule has 1 aromatic carbocycles. The number of nitrogens with one attached hydrogen (secondary N) is 1. The maximum absolute atomic E-state index is 12.7. The van der Waals surface area contributed by atoms with Crippen molar-refractivity contribution in [3.05, 3.63) is 33.9 Å². The fraction of sp³-hybridized carbons (Fsp3) is 0.364. The molecule has 1 aromatic rings. The van der Waals surface area contributed by atoms with E-state index in [-0.39, 0.29) is 0 Å². The van der Waals surface area contributed by atoms with Crippen LogP contribution in [0, 0.1) is 10.1 Å². The minimum Gasteiger partial charge on any atom is -0.393 e. The van der Waals surface area contributed by atoms with Gasteiger partial charge in [-0.05, 0) is 19.1 Å². The highest BCUT2D eigenvalue weighted by Crippen LogP contribution is 2.37. The molecule has 1 amide bonds. The summed E-state index contributed by atoms with van der Waals surface area (Å²) in [4.78, 5) is 20.9. The summed E-state index contributed by atoms with van der Waals surface area (Å²) >= 11 is 0. The van der Waals surface area contributed by atoms with E-state index in [9.17, 15) is 33.2 Å². The van der Waals surface area contributed by atoms with Crippen molar-refractivity contribution < 1.29 is 33.1 Å². The van der Waals surface area contributed by atoms with E-state index in [1.807, 2.05) is 5.32 Å². The molecule has 7 nitrogen and oxygen atoms in total. The summed E-state index contributed by atoms with van der Waals surface area (Å²) in [5.41, 5.74) is -5.28. The van der Waals surface area contributed by atoms with Gasteiger partial charge in [-0.2, -0.15) is 13.2 Å². The van der Waals surface area contributed by atoms with Crippen molar-refractivity contribution in [3.63, 3.8) is 0 Å². The number of nitrogens with zero attached hydrogens (tertiary/aromatic N) is 1. The number of benzene rings is 1. The average molecular weight is 308 g/mol. The number of hydrogen-bond donors (Lipinski definition) is 3. The lowest BCUT2D eigenvalue weighted by Crippen LogP contribution is -2.43. The lowest BCUT2D eigenvalue weighted by molar-refractivity contribution is -0.388. The number of carbonyl (C=O) groups excluding carboxylic acids is 1. The van der Waals surface area contributed by atoms with Crippen molar-refractivity contribution in [1.82, 2.24) is 0 Å². The van der Waals surface area contributed by atoms with Crippen molar-refractivity contribution in [2.75, 3.05) is 11.9 Å². The predicted molar refractivity (Wildman–Crippen MR) is 64.4 cm³/mol. The largest absolute Gasteiger partial charge is 0.423 e. The Morgan fingerprint density at radius 3 is 2.43 bits per heavy atom. The third-order valence-corrected chi connectivity index (χ3v) is 2.55. The first kappa shape index (κ1) is 16.9. The first-order valence-corrected chi connectivity index (χ1v) is 5.49. The van der Waals surface area contributed by atoms with E-state index in [0.717, 1.165) is 13.0 Å². The lowest BCUT2D eigenvalue weighted by atomic mass is 10.1. The van der Waals surface area contributed by atoms with Gasteiger partial charge in [0, 0.05) is 11.8 Å². The Morgan fingerprint density at radius 2 is 2.00 bits per heavy atom. The van der Waals surface area contributed by atoms with Gasteiger partial charge in [0.2, 0.25) is 0 Å². The van der Waals surface area contributed by atoms with Gasteiger partial charge in [-0.25, -0.2) is 0 Å². The van der Waals surface area contributed by atoms with Gasteiger partial charge in [0.15, 0.2) is 5.60 Å². The fourth-order valence-corrected chi connectivity index (χ4v) is 1.34. The van der Waals surface area contributed by atoms with Gasteiger partial charge < -0.3 is 15.5 Å². The molecule has 116 valence electrons. The van der Waals surface area contributed by atoms with Crippen LogP contribution in [-0.2, 0) is 11.0 Å². The second kappa shape index (κ2) is 5.66. The Kier molecular flexibility index (Phi) is 4.54. The zero-order valence-corrected chi connectivity index (χ0v) is 10.6. The fourth-order valence-electron chi connectivity index (χ4n) is 1.34. The number of hydrogen-bond acceptors (Lipinski definition) is 5. The Morgan fingerprint density at radius 1 is 1.43 bits per heavy atom. The number of aliphatic hydroxyl groups is 2. The van der Waals surface area contributed by atoms with Crippen molar-refractivity contribution in [2.45, 2.75) is 18.7 Å². The van der Waals surface area contributed by atoms with E-state index in [1.165, 1.54) is 0 Å². The van der Waals surface area contributed by atoms with Gasteiger partial charge in [-0.3, -0.25) is 14.9 Å².